The molecule has 0 bridgehead atoms. The van der Waals surface area contributed by atoms with E-state index in [2.05, 4.69) is 5.32 Å². The van der Waals surface area contributed by atoms with Gasteiger partial charge in [-0.05, 0) is 56.5 Å². The molecular formula is C24H30FN3O4S. The minimum absolute atomic E-state index is 0.0441. The normalized spacial score (nSPS) is 19.7. The van der Waals surface area contributed by atoms with Crippen molar-refractivity contribution in [3.05, 3.63) is 59.9 Å². The fourth-order valence-corrected chi connectivity index (χ4v) is 5.36. The molecule has 1 atom stereocenters. The molecule has 0 spiro atoms. The number of carbonyl (C=O) groups is 2. The van der Waals surface area contributed by atoms with Gasteiger partial charge >= 0.3 is 0 Å². The van der Waals surface area contributed by atoms with Gasteiger partial charge in [-0.25, -0.2) is 12.8 Å². The number of nitrogens with one attached hydrogen (secondary N) is 1. The molecule has 2 aromatic carbocycles. The Balaban J connectivity index is 2.01. The van der Waals surface area contributed by atoms with Crippen LogP contribution in [0.3, 0.4) is 0 Å². The second-order valence-electron chi connectivity index (χ2n) is 9.01. The number of hydrogen-bond donors (Lipinski definition) is 1. The molecule has 1 N–H and O–H groups in total. The Morgan fingerprint density at radius 3 is 2.45 bits per heavy atom. The molecule has 1 fully saturated rings. The van der Waals surface area contributed by atoms with Crippen molar-refractivity contribution >= 4 is 27.5 Å². The number of anilines is 1. The number of rotatable bonds is 7. The largest absolute Gasteiger partial charge is 0.354 e. The van der Waals surface area contributed by atoms with Crippen LogP contribution in [0.2, 0.25) is 0 Å². The Morgan fingerprint density at radius 2 is 1.85 bits per heavy atom. The molecule has 2 aromatic rings. The second kappa shape index (κ2) is 9.61. The average Bonchev–Trinajstić information content (AvgIpc) is 2.73. The maximum Gasteiger partial charge on any atom is 0.247 e. The molecule has 33 heavy (non-hydrogen) atoms. The van der Waals surface area contributed by atoms with Crippen molar-refractivity contribution in [2.24, 2.45) is 5.92 Å². The van der Waals surface area contributed by atoms with Gasteiger partial charge in [-0.2, -0.15) is 4.31 Å². The molecule has 3 rings (SSSR count). The van der Waals surface area contributed by atoms with E-state index in [1.54, 1.807) is 12.1 Å². The summed E-state index contributed by atoms with van der Waals surface area (Å²) >= 11 is 0. The summed E-state index contributed by atoms with van der Waals surface area (Å²) in [5.41, 5.74) is -0.470. The smallest absolute Gasteiger partial charge is 0.247 e. The Morgan fingerprint density at radius 1 is 1.18 bits per heavy atom. The quantitative estimate of drug-likeness (QED) is 0.667. The van der Waals surface area contributed by atoms with Crippen molar-refractivity contribution in [1.29, 1.82) is 0 Å². The molecule has 178 valence electrons. The number of piperazine rings is 1. The number of sulfonamides is 1. The number of carbonyl (C=O) groups excluding carboxylic acids is 2. The third-order valence-electron chi connectivity index (χ3n) is 5.76. The Bertz CT molecular complexity index is 1130. The van der Waals surface area contributed by atoms with E-state index >= 15 is 0 Å². The number of aryl methyl sites for hydroxylation is 1. The fourth-order valence-electron chi connectivity index (χ4n) is 3.88. The van der Waals surface area contributed by atoms with Gasteiger partial charge in [0.25, 0.3) is 0 Å². The van der Waals surface area contributed by atoms with Crippen LogP contribution in [0, 0.1) is 18.7 Å². The summed E-state index contributed by atoms with van der Waals surface area (Å²) in [5.74, 6) is -1.31. The van der Waals surface area contributed by atoms with Crippen molar-refractivity contribution in [3.63, 3.8) is 0 Å². The van der Waals surface area contributed by atoms with E-state index in [1.165, 1.54) is 48.2 Å². The molecule has 1 saturated heterocycles. The van der Waals surface area contributed by atoms with Gasteiger partial charge < -0.3 is 5.32 Å². The first-order chi connectivity index (χ1) is 15.4. The summed E-state index contributed by atoms with van der Waals surface area (Å²) < 4.78 is 41.6. The Hall–Kier alpha value is -2.78. The molecule has 7 nitrogen and oxygen atoms in total. The first-order valence-electron chi connectivity index (χ1n) is 10.9. The van der Waals surface area contributed by atoms with Crippen LogP contribution in [0.4, 0.5) is 10.1 Å². The fraction of sp³-hybridized carbons (Fsp3) is 0.417. The summed E-state index contributed by atoms with van der Waals surface area (Å²) in [7, 11) is -4.03. The van der Waals surface area contributed by atoms with Gasteiger partial charge in [0.05, 0.1) is 11.4 Å². The zero-order valence-corrected chi connectivity index (χ0v) is 20.2. The van der Waals surface area contributed by atoms with Crippen LogP contribution in [0.5, 0.6) is 0 Å². The van der Waals surface area contributed by atoms with Gasteiger partial charge in [-0.3, -0.25) is 14.5 Å². The van der Waals surface area contributed by atoms with Gasteiger partial charge in [0.1, 0.15) is 11.4 Å². The van der Waals surface area contributed by atoms with Gasteiger partial charge in [-0.15, -0.1) is 0 Å². The monoisotopic (exact) mass is 475 g/mol. The summed E-state index contributed by atoms with van der Waals surface area (Å²) in [6, 6.07) is 11.7. The summed E-state index contributed by atoms with van der Waals surface area (Å²) in [6.45, 7) is 7.05. The predicted molar refractivity (Wildman–Crippen MR) is 125 cm³/mol. The topological polar surface area (TPSA) is 86.8 Å². The van der Waals surface area contributed by atoms with Gasteiger partial charge in [0.2, 0.25) is 21.8 Å². The molecule has 0 radical (unpaired) electrons. The van der Waals surface area contributed by atoms with Crippen molar-refractivity contribution in [2.45, 2.75) is 44.6 Å². The first kappa shape index (κ1) is 24.9. The molecule has 1 aliphatic rings. The molecule has 1 aliphatic heterocycles. The first-order valence-corrected chi connectivity index (χ1v) is 12.3. The Kier molecular flexibility index (Phi) is 7.23. The van der Waals surface area contributed by atoms with Crippen LogP contribution < -0.4 is 10.2 Å². The number of nitrogens with zero attached hydrogens (tertiary/aromatic N) is 2. The number of halogens is 1. The minimum Gasteiger partial charge on any atom is -0.354 e. The molecule has 0 aromatic heterocycles. The minimum atomic E-state index is -4.03. The predicted octanol–water partition coefficient (Wildman–Crippen LogP) is 3.09. The maximum atomic E-state index is 14.0. The van der Waals surface area contributed by atoms with E-state index in [0.717, 1.165) is 16.3 Å². The lowest BCUT2D eigenvalue weighted by Gasteiger charge is -2.46. The highest BCUT2D eigenvalue weighted by Crippen LogP contribution is 2.32. The van der Waals surface area contributed by atoms with E-state index in [4.69, 9.17) is 0 Å². The van der Waals surface area contributed by atoms with Crippen LogP contribution in [0.25, 0.3) is 0 Å². The van der Waals surface area contributed by atoms with Gasteiger partial charge in [0, 0.05) is 18.8 Å². The molecule has 0 saturated carbocycles. The molecule has 9 heteroatoms. The molecule has 0 unspecified atom stereocenters. The van der Waals surface area contributed by atoms with Crippen LogP contribution >= 0.6 is 0 Å². The van der Waals surface area contributed by atoms with Crippen LogP contribution in [-0.4, -0.2) is 49.7 Å². The van der Waals surface area contributed by atoms with Crippen LogP contribution in [-0.2, 0) is 19.6 Å². The molecule has 2 amide bonds. The van der Waals surface area contributed by atoms with E-state index in [1.807, 2.05) is 20.8 Å². The van der Waals surface area contributed by atoms with Crippen LogP contribution in [0.1, 0.15) is 32.8 Å². The summed E-state index contributed by atoms with van der Waals surface area (Å²) in [6.07, 6.45) is 0.723. The lowest BCUT2D eigenvalue weighted by molar-refractivity contribution is -0.132. The summed E-state index contributed by atoms with van der Waals surface area (Å²) in [5, 5.41) is 2.83. The van der Waals surface area contributed by atoms with Crippen LogP contribution in [0.15, 0.2) is 53.4 Å². The SMILES string of the molecule is Cc1ccc(S(=O)(=O)N2CC(=O)N(c3cccc(F)c3)[C@](C)(C(=O)NCCC(C)C)C2)cc1. The molecule has 0 aliphatic carbocycles. The highest BCUT2D eigenvalue weighted by Gasteiger charge is 2.51. The third-order valence-corrected chi connectivity index (χ3v) is 7.57. The van der Waals surface area contributed by atoms with Gasteiger partial charge in [0.15, 0.2) is 0 Å². The standard InChI is InChI=1S/C24H30FN3O4S/c1-17(2)12-13-26-23(30)24(4)16-27(33(31,32)21-10-8-18(3)9-11-21)15-22(29)28(24)20-7-5-6-19(25)14-20/h5-11,14,17H,12-13,15-16H2,1-4H3,(H,26,30)/t24-/m0/s1. The lowest BCUT2D eigenvalue weighted by atomic mass is 9.94. The van der Waals surface area contributed by atoms with Crippen molar-refractivity contribution < 1.29 is 22.4 Å². The molecule has 1 heterocycles. The second-order valence-corrected chi connectivity index (χ2v) is 10.9. The van der Waals surface area contributed by atoms with E-state index in [-0.39, 0.29) is 17.1 Å². The van der Waals surface area contributed by atoms with Crippen molar-refractivity contribution in [1.82, 2.24) is 9.62 Å². The van der Waals surface area contributed by atoms with Crippen molar-refractivity contribution in [3.8, 4) is 0 Å². The number of benzene rings is 2. The van der Waals surface area contributed by atoms with Crippen molar-refractivity contribution in [2.75, 3.05) is 24.5 Å². The zero-order chi connectivity index (χ0) is 24.4. The van der Waals surface area contributed by atoms with E-state index < -0.39 is 39.7 Å². The lowest BCUT2D eigenvalue weighted by Crippen LogP contribution is -2.70. The average molecular weight is 476 g/mol. The van der Waals surface area contributed by atoms with E-state index in [9.17, 15) is 22.4 Å². The highest BCUT2D eigenvalue weighted by molar-refractivity contribution is 7.89. The maximum absolute atomic E-state index is 14.0. The highest BCUT2D eigenvalue weighted by atomic mass is 32.2. The third kappa shape index (κ3) is 5.25. The van der Waals surface area contributed by atoms with E-state index in [0.29, 0.717) is 12.5 Å². The van der Waals surface area contributed by atoms with Gasteiger partial charge in [-0.1, -0.05) is 37.6 Å². The summed E-state index contributed by atoms with van der Waals surface area (Å²) in [4.78, 5) is 27.9. The zero-order valence-electron chi connectivity index (χ0n) is 19.3. The number of hydrogen-bond acceptors (Lipinski definition) is 4. The molecular weight excluding hydrogens is 445 g/mol. The Labute approximate surface area is 194 Å². The number of amides is 2.